The summed E-state index contributed by atoms with van der Waals surface area (Å²) in [6.45, 7) is 2.54. The van der Waals surface area contributed by atoms with Crippen LogP contribution in [-0.4, -0.2) is 23.7 Å². The molecule has 5 heteroatoms. The summed E-state index contributed by atoms with van der Waals surface area (Å²) in [6, 6.07) is 6.92. The molecule has 1 aromatic rings. The number of nitrogens with two attached hydrogens (primary N) is 1. The second-order valence-corrected chi connectivity index (χ2v) is 5.72. The topological polar surface area (TPSA) is 75.4 Å². The molecule has 112 valence electrons. The van der Waals surface area contributed by atoms with Gasteiger partial charge in [-0.3, -0.25) is 4.79 Å². The Morgan fingerprint density at radius 2 is 2.25 bits per heavy atom. The molecule has 0 spiro atoms. The van der Waals surface area contributed by atoms with Crippen molar-refractivity contribution in [2.45, 2.75) is 38.7 Å². The summed E-state index contributed by atoms with van der Waals surface area (Å²) in [5.41, 5.74) is 6.59. The molecule has 1 aliphatic carbocycles. The SMILES string of the molecule is CC1(CNC(=O)c2cccc(N)c2)CCCCC1O.Cl. The number of hydrogen-bond acceptors (Lipinski definition) is 3. The van der Waals surface area contributed by atoms with Gasteiger partial charge in [0.05, 0.1) is 6.10 Å². The third-order valence-corrected chi connectivity index (χ3v) is 4.08. The number of aliphatic hydroxyl groups is 1. The van der Waals surface area contributed by atoms with Gasteiger partial charge in [-0.15, -0.1) is 12.4 Å². The summed E-state index contributed by atoms with van der Waals surface area (Å²) < 4.78 is 0. The molecule has 0 aromatic heterocycles. The van der Waals surface area contributed by atoms with Crippen LogP contribution in [0.3, 0.4) is 0 Å². The number of rotatable bonds is 3. The minimum atomic E-state index is -0.331. The molecule has 1 amide bonds. The molecule has 1 saturated carbocycles. The summed E-state index contributed by atoms with van der Waals surface area (Å²) in [5, 5.41) is 13.0. The molecule has 4 N–H and O–H groups in total. The average Bonchev–Trinajstić information content (AvgIpc) is 2.40. The lowest BCUT2D eigenvalue weighted by Crippen LogP contribution is -2.45. The van der Waals surface area contributed by atoms with Crippen molar-refractivity contribution < 1.29 is 9.90 Å². The molecule has 2 unspecified atom stereocenters. The van der Waals surface area contributed by atoms with Crippen LogP contribution in [0.2, 0.25) is 0 Å². The molecule has 20 heavy (non-hydrogen) atoms. The zero-order chi connectivity index (χ0) is 13.9. The number of benzene rings is 1. The second-order valence-electron chi connectivity index (χ2n) is 5.72. The predicted octanol–water partition coefficient (Wildman–Crippen LogP) is 2.36. The minimum Gasteiger partial charge on any atom is -0.399 e. The van der Waals surface area contributed by atoms with Gasteiger partial charge in [-0.25, -0.2) is 0 Å². The Morgan fingerprint density at radius 1 is 1.50 bits per heavy atom. The number of hydrogen-bond donors (Lipinski definition) is 3. The Balaban J connectivity index is 0.00000200. The van der Waals surface area contributed by atoms with Crippen molar-refractivity contribution in [2.24, 2.45) is 5.41 Å². The van der Waals surface area contributed by atoms with E-state index in [-0.39, 0.29) is 29.8 Å². The Labute approximate surface area is 126 Å². The highest BCUT2D eigenvalue weighted by molar-refractivity contribution is 5.95. The van der Waals surface area contributed by atoms with E-state index >= 15 is 0 Å². The lowest BCUT2D eigenvalue weighted by Gasteiger charge is -2.38. The fraction of sp³-hybridized carbons (Fsp3) is 0.533. The van der Waals surface area contributed by atoms with Gasteiger partial charge >= 0.3 is 0 Å². The average molecular weight is 299 g/mol. The Hall–Kier alpha value is -1.26. The third-order valence-electron chi connectivity index (χ3n) is 4.08. The highest BCUT2D eigenvalue weighted by Gasteiger charge is 2.35. The van der Waals surface area contributed by atoms with Gasteiger partial charge in [0.15, 0.2) is 0 Å². The first-order valence-electron chi connectivity index (χ1n) is 6.83. The van der Waals surface area contributed by atoms with Crippen molar-refractivity contribution in [1.82, 2.24) is 5.32 Å². The zero-order valence-electron chi connectivity index (χ0n) is 11.8. The van der Waals surface area contributed by atoms with Crippen LogP contribution in [-0.2, 0) is 0 Å². The summed E-state index contributed by atoms with van der Waals surface area (Å²) in [4.78, 5) is 12.0. The molecule has 0 saturated heterocycles. The molecule has 0 radical (unpaired) electrons. The van der Waals surface area contributed by atoms with Crippen LogP contribution in [0.15, 0.2) is 24.3 Å². The van der Waals surface area contributed by atoms with Gasteiger partial charge in [0, 0.05) is 23.2 Å². The number of carbonyl (C=O) groups excluding carboxylic acids is 1. The molecule has 0 heterocycles. The first-order chi connectivity index (χ1) is 9.01. The van der Waals surface area contributed by atoms with Crippen LogP contribution in [0.1, 0.15) is 43.0 Å². The van der Waals surface area contributed by atoms with E-state index in [1.807, 2.05) is 6.92 Å². The first-order valence-corrected chi connectivity index (χ1v) is 6.83. The third kappa shape index (κ3) is 3.87. The number of nitrogens with one attached hydrogen (secondary N) is 1. The first kappa shape index (κ1) is 16.8. The van der Waals surface area contributed by atoms with E-state index in [9.17, 15) is 9.90 Å². The number of carbonyl (C=O) groups is 1. The molecule has 0 aliphatic heterocycles. The van der Waals surface area contributed by atoms with Crippen molar-refractivity contribution in [3.63, 3.8) is 0 Å². The van der Waals surface area contributed by atoms with E-state index in [2.05, 4.69) is 5.32 Å². The van der Waals surface area contributed by atoms with Crippen LogP contribution in [0.4, 0.5) is 5.69 Å². The van der Waals surface area contributed by atoms with Gasteiger partial charge in [0.25, 0.3) is 5.91 Å². The van der Waals surface area contributed by atoms with E-state index in [0.29, 0.717) is 17.8 Å². The molecule has 1 fully saturated rings. The van der Waals surface area contributed by atoms with Gasteiger partial charge in [-0.1, -0.05) is 25.8 Å². The van der Waals surface area contributed by atoms with Gasteiger partial charge < -0.3 is 16.2 Å². The maximum Gasteiger partial charge on any atom is 0.251 e. The maximum absolute atomic E-state index is 12.0. The number of halogens is 1. The van der Waals surface area contributed by atoms with Crippen LogP contribution in [0, 0.1) is 5.41 Å². The van der Waals surface area contributed by atoms with E-state index in [4.69, 9.17) is 5.73 Å². The van der Waals surface area contributed by atoms with E-state index < -0.39 is 0 Å². The standard InChI is InChI=1S/C15H22N2O2.ClH/c1-15(8-3-2-7-13(15)18)10-17-14(19)11-5-4-6-12(16)9-11;/h4-6,9,13,18H,2-3,7-8,10,16H2,1H3,(H,17,19);1H. The second kappa shape index (κ2) is 6.95. The number of amides is 1. The highest BCUT2D eigenvalue weighted by Crippen LogP contribution is 2.35. The number of anilines is 1. The fourth-order valence-electron chi connectivity index (χ4n) is 2.65. The van der Waals surface area contributed by atoms with Crippen LogP contribution in [0.25, 0.3) is 0 Å². The smallest absolute Gasteiger partial charge is 0.251 e. The normalized spacial score (nSPS) is 25.6. The summed E-state index contributed by atoms with van der Waals surface area (Å²) in [7, 11) is 0. The summed E-state index contributed by atoms with van der Waals surface area (Å²) >= 11 is 0. The number of aliphatic hydroxyl groups excluding tert-OH is 1. The lowest BCUT2D eigenvalue weighted by atomic mass is 9.73. The van der Waals surface area contributed by atoms with Crippen molar-refractivity contribution in [3.05, 3.63) is 29.8 Å². The summed E-state index contributed by atoms with van der Waals surface area (Å²) in [6.07, 6.45) is 3.62. The van der Waals surface area contributed by atoms with E-state index in [1.165, 1.54) is 0 Å². The summed E-state index contributed by atoms with van der Waals surface area (Å²) in [5.74, 6) is -0.133. The fourth-order valence-corrected chi connectivity index (χ4v) is 2.65. The van der Waals surface area contributed by atoms with E-state index in [0.717, 1.165) is 25.7 Å². The molecular formula is C15H23ClN2O2. The molecule has 0 bridgehead atoms. The van der Waals surface area contributed by atoms with Gasteiger partial charge in [-0.2, -0.15) is 0 Å². The highest BCUT2D eigenvalue weighted by atomic mass is 35.5. The monoisotopic (exact) mass is 298 g/mol. The molecule has 4 nitrogen and oxygen atoms in total. The van der Waals surface area contributed by atoms with Crippen molar-refractivity contribution in [3.8, 4) is 0 Å². The Bertz CT molecular complexity index is 467. The largest absolute Gasteiger partial charge is 0.399 e. The quantitative estimate of drug-likeness (QED) is 0.750. The maximum atomic E-state index is 12.0. The van der Waals surface area contributed by atoms with Gasteiger partial charge in [0.1, 0.15) is 0 Å². The van der Waals surface area contributed by atoms with Crippen LogP contribution >= 0.6 is 12.4 Å². The molecule has 2 rings (SSSR count). The number of nitrogen functional groups attached to an aromatic ring is 1. The minimum absolute atomic E-state index is 0. The van der Waals surface area contributed by atoms with Crippen molar-refractivity contribution >= 4 is 24.0 Å². The Morgan fingerprint density at radius 3 is 2.90 bits per heavy atom. The molecular weight excluding hydrogens is 276 g/mol. The molecule has 2 atom stereocenters. The Kier molecular flexibility index (Phi) is 5.84. The molecule has 1 aromatic carbocycles. The van der Waals surface area contributed by atoms with E-state index in [1.54, 1.807) is 24.3 Å². The lowest BCUT2D eigenvalue weighted by molar-refractivity contribution is 0.00190. The molecule has 1 aliphatic rings. The van der Waals surface area contributed by atoms with Gasteiger partial charge in [-0.05, 0) is 31.0 Å². The van der Waals surface area contributed by atoms with Crippen molar-refractivity contribution in [1.29, 1.82) is 0 Å². The van der Waals surface area contributed by atoms with Crippen LogP contribution in [0.5, 0.6) is 0 Å². The van der Waals surface area contributed by atoms with Crippen LogP contribution < -0.4 is 11.1 Å². The van der Waals surface area contributed by atoms with Gasteiger partial charge in [0.2, 0.25) is 0 Å². The zero-order valence-corrected chi connectivity index (χ0v) is 12.6. The predicted molar refractivity (Wildman–Crippen MR) is 83.0 cm³/mol. The van der Waals surface area contributed by atoms with Crippen molar-refractivity contribution in [2.75, 3.05) is 12.3 Å².